The molecule has 4 aliphatic rings. The Bertz CT molecular complexity index is 1900. The normalized spacial score (nSPS) is 19.8. The summed E-state index contributed by atoms with van der Waals surface area (Å²) in [5.74, 6) is -0.979. The number of hydrogen-bond acceptors (Lipinski definition) is 10. The maximum absolute atomic E-state index is 14.2. The summed E-state index contributed by atoms with van der Waals surface area (Å²) < 4.78 is 16.7. The minimum absolute atomic E-state index is 0.0203. The summed E-state index contributed by atoms with van der Waals surface area (Å²) in [5, 5.41) is 3.04. The number of H-pyrrole nitrogens is 1. The Labute approximate surface area is 320 Å². The molecule has 1 atom stereocenters. The molecule has 3 aromatic rings. The van der Waals surface area contributed by atoms with Crippen molar-refractivity contribution in [3.05, 3.63) is 63.6 Å². The van der Waals surface area contributed by atoms with E-state index >= 15 is 0 Å². The van der Waals surface area contributed by atoms with Gasteiger partial charge in [-0.1, -0.05) is 31.2 Å². The molecule has 15 nitrogen and oxygen atoms in total. The van der Waals surface area contributed by atoms with Crippen molar-refractivity contribution in [2.45, 2.75) is 77.0 Å². The Kier molecular flexibility index (Phi) is 12.1. The van der Waals surface area contributed by atoms with Crippen LogP contribution in [0, 0.1) is 6.92 Å². The van der Waals surface area contributed by atoms with Crippen molar-refractivity contribution >= 4 is 40.8 Å². The van der Waals surface area contributed by atoms with Gasteiger partial charge in [0.05, 0.1) is 18.7 Å². The Morgan fingerprint density at radius 1 is 0.891 bits per heavy atom. The third-order valence-corrected chi connectivity index (χ3v) is 11.6. The zero-order valence-electron chi connectivity index (χ0n) is 31.9. The van der Waals surface area contributed by atoms with Crippen molar-refractivity contribution in [1.82, 2.24) is 29.5 Å². The van der Waals surface area contributed by atoms with Crippen LogP contribution in [0.5, 0.6) is 0 Å². The number of anilines is 1. The van der Waals surface area contributed by atoms with Crippen molar-refractivity contribution in [2.24, 2.45) is 0 Å². The van der Waals surface area contributed by atoms with Gasteiger partial charge in [0.25, 0.3) is 5.91 Å². The van der Waals surface area contributed by atoms with Crippen LogP contribution in [0.25, 0.3) is 11.1 Å². The first kappa shape index (κ1) is 38.4. The SMILES string of the molecule is CCCOC(=O)CN1CCN(C2CCN(C(=O)[C@@H](Cc3cc(C)c4[nH]c(=O)oc4c3)OC(=O)N3CCC(N4CCc5ccccc5NC4=O)CC3)CC2)CC1. The average Bonchev–Trinajstić information content (AvgIpc) is 3.49. The highest BCUT2D eigenvalue weighted by molar-refractivity contribution is 5.91. The highest BCUT2D eigenvalue weighted by atomic mass is 16.6. The van der Waals surface area contributed by atoms with Crippen LogP contribution in [0.4, 0.5) is 15.3 Å². The fourth-order valence-electron chi connectivity index (χ4n) is 8.49. The molecular formula is C40H53N7O8. The van der Waals surface area contributed by atoms with Gasteiger partial charge in [-0.05, 0) is 74.3 Å². The summed E-state index contributed by atoms with van der Waals surface area (Å²) in [6.07, 6.45) is 2.86. The maximum atomic E-state index is 14.2. The minimum atomic E-state index is -1.07. The number of fused-ring (bicyclic) bond motifs is 2. The first-order chi connectivity index (χ1) is 26.6. The second-order valence-corrected chi connectivity index (χ2v) is 15.2. The summed E-state index contributed by atoms with van der Waals surface area (Å²) in [4.78, 5) is 77.8. The van der Waals surface area contributed by atoms with E-state index in [1.807, 2.05) is 49.1 Å². The molecule has 0 radical (unpaired) electrons. The predicted octanol–water partition coefficient (Wildman–Crippen LogP) is 3.59. The zero-order valence-corrected chi connectivity index (χ0v) is 31.9. The highest BCUT2D eigenvalue weighted by Gasteiger charge is 2.37. The van der Waals surface area contributed by atoms with E-state index in [1.165, 1.54) is 0 Å². The molecule has 5 heterocycles. The number of nitrogens with zero attached hydrogens (tertiary/aromatic N) is 5. The molecule has 2 N–H and O–H groups in total. The van der Waals surface area contributed by atoms with Gasteiger partial charge in [-0.15, -0.1) is 0 Å². The van der Waals surface area contributed by atoms with Crippen molar-refractivity contribution < 1.29 is 33.1 Å². The van der Waals surface area contributed by atoms with Gasteiger partial charge in [0.2, 0.25) is 0 Å². The fourth-order valence-corrected chi connectivity index (χ4v) is 8.49. The number of piperazine rings is 1. The Morgan fingerprint density at radius 2 is 1.60 bits per heavy atom. The fraction of sp³-hybridized carbons (Fsp3) is 0.575. The average molecular weight is 760 g/mol. The van der Waals surface area contributed by atoms with E-state index in [0.717, 1.165) is 74.2 Å². The Balaban J connectivity index is 0.964. The van der Waals surface area contributed by atoms with Crippen molar-refractivity contribution in [1.29, 1.82) is 0 Å². The van der Waals surface area contributed by atoms with E-state index in [9.17, 15) is 24.0 Å². The highest BCUT2D eigenvalue weighted by Crippen LogP contribution is 2.27. The number of urea groups is 1. The van der Waals surface area contributed by atoms with E-state index in [1.54, 1.807) is 15.9 Å². The Hall–Kier alpha value is -4.89. The summed E-state index contributed by atoms with van der Waals surface area (Å²) in [7, 11) is 0. The number of amides is 4. The number of piperidine rings is 2. The molecule has 0 spiro atoms. The molecule has 2 aromatic carbocycles. The number of likely N-dealkylation sites (tertiary alicyclic amines) is 2. The van der Waals surface area contributed by atoms with Gasteiger partial charge in [-0.3, -0.25) is 24.4 Å². The summed E-state index contributed by atoms with van der Waals surface area (Å²) >= 11 is 0. The summed E-state index contributed by atoms with van der Waals surface area (Å²) in [6, 6.07) is 11.6. The lowest BCUT2D eigenvalue weighted by Crippen LogP contribution is -2.55. The first-order valence-electron chi connectivity index (χ1n) is 19.8. The standard InChI is InChI=1S/C40H53N7O8/c1-3-22-53-35(48)26-43-18-20-44(21-19-43)30-9-13-45(14-10-30)37(49)34(25-28-23-27(2)36-33(24-28)54-39(51)42-36)55-40(52)46-15-11-31(12-16-46)47-17-8-29-6-4-5-7-32(29)41-38(47)50/h4-7,23-24,30-31,34H,3,8-22,25-26H2,1-2H3,(H,41,50)(H,42,51)/t34-/m1/s1. The smallest absolute Gasteiger partial charge is 0.417 e. The van der Waals surface area contributed by atoms with Gasteiger partial charge in [-0.25, -0.2) is 14.4 Å². The molecule has 4 aliphatic heterocycles. The van der Waals surface area contributed by atoms with Crippen LogP contribution in [-0.4, -0.2) is 144 Å². The summed E-state index contributed by atoms with van der Waals surface area (Å²) in [6.45, 7) is 10.4. The quantitative estimate of drug-likeness (QED) is 0.293. The molecular weight excluding hydrogens is 706 g/mol. The number of ether oxygens (including phenoxy) is 2. The molecule has 3 fully saturated rings. The number of carbonyl (C=O) groups is 4. The van der Waals surface area contributed by atoms with Gasteiger partial charge >= 0.3 is 23.8 Å². The molecule has 4 amide bonds. The van der Waals surface area contributed by atoms with Gasteiger partial charge in [-0.2, -0.15) is 0 Å². The van der Waals surface area contributed by atoms with Crippen LogP contribution in [0.15, 0.2) is 45.6 Å². The van der Waals surface area contributed by atoms with E-state index in [4.69, 9.17) is 13.9 Å². The molecule has 7 rings (SSSR count). The van der Waals surface area contributed by atoms with E-state index in [0.29, 0.717) is 75.9 Å². The second-order valence-electron chi connectivity index (χ2n) is 15.2. The molecule has 1 aromatic heterocycles. The van der Waals surface area contributed by atoms with Crippen LogP contribution >= 0.6 is 0 Å². The first-order valence-corrected chi connectivity index (χ1v) is 19.8. The molecule has 0 saturated carbocycles. The monoisotopic (exact) mass is 759 g/mol. The number of nitrogens with one attached hydrogen (secondary N) is 2. The molecule has 55 heavy (non-hydrogen) atoms. The molecule has 0 unspecified atom stereocenters. The van der Waals surface area contributed by atoms with Crippen LogP contribution in [0.1, 0.15) is 55.7 Å². The van der Waals surface area contributed by atoms with E-state index < -0.39 is 18.0 Å². The van der Waals surface area contributed by atoms with Crippen molar-refractivity contribution in [3.63, 3.8) is 0 Å². The number of aryl methyl sites for hydroxylation is 1. The molecule has 0 aliphatic carbocycles. The predicted molar refractivity (Wildman–Crippen MR) is 205 cm³/mol. The van der Waals surface area contributed by atoms with Crippen LogP contribution < -0.4 is 11.1 Å². The van der Waals surface area contributed by atoms with E-state index in [-0.39, 0.29) is 30.4 Å². The number of hydrogen-bond donors (Lipinski definition) is 2. The van der Waals surface area contributed by atoms with Crippen molar-refractivity contribution in [3.8, 4) is 0 Å². The van der Waals surface area contributed by atoms with Crippen molar-refractivity contribution in [2.75, 3.05) is 77.4 Å². The number of aromatic amines is 1. The van der Waals surface area contributed by atoms with Crippen LogP contribution in [-0.2, 0) is 31.9 Å². The number of para-hydroxylation sites is 1. The number of oxazole rings is 1. The number of aromatic nitrogens is 1. The number of carbonyl (C=O) groups excluding carboxylic acids is 4. The number of benzene rings is 2. The Morgan fingerprint density at radius 3 is 2.35 bits per heavy atom. The third kappa shape index (κ3) is 9.16. The number of rotatable bonds is 10. The zero-order chi connectivity index (χ0) is 38.5. The van der Waals surface area contributed by atoms with Gasteiger partial charge in [0.1, 0.15) is 0 Å². The van der Waals surface area contributed by atoms with Gasteiger partial charge in [0.15, 0.2) is 11.7 Å². The lowest BCUT2D eigenvalue weighted by atomic mass is 9.99. The maximum Gasteiger partial charge on any atom is 0.417 e. The minimum Gasteiger partial charge on any atom is -0.465 e. The topological polar surface area (TPSA) is 161 Å². The van der Waals surface area contributed by atoms with Crippen LogP contribution in [0.3, 0.4) is 0 Å². The number of esters is 1. The van der Waals surface area contributed by atoms with Gasteiger partial charge in [0, 0.05) is 83.1 Å². The molecule has 0 bridgehead atoms. The van der Waals surface area contributed by atoms with E-state index in [2.05, 4.69) is 20.1 Å². The lowest BCUT2D eigenvalue weighted by Gasteiger charge is -2.43. The molecule has 15 heteroatoms. The second kappa shape index (κ2) is 17.3. The third-order valence-electron chi connectivity index (χ3n) is 11.6. The van der Waals surface area contributed by atoms with Crippen LogP contribution in [0.2, 0.25) is 0 Å². The summed E-state index contributed by atoms with van der Waals surface area (Å²) in [5.41, 5.74) is 4.43. The lowest BCUT2D eigenvalue weighted by molar-refractivity contribution is -0.145. The molecule has 3 saturated heterocycles. The molecule has 296 valence electrons. The largest absolute Gasteiger partial charge is 0.465 e. The van der Waals surface area contributed by atoms with Gasteiger partial charge < -0.3 is 33.9 Å².